The van der Waals surface area contributed by atoms with Crippen LogP contribution in [0.1, 0.15) is 26.3 Å². The Bertz CT molecular complexity index is 507. The minimum atomic E-state index is -0.234. The van der Waals surface area contributed by atoms with E-state index >= 15 is 0 Å². The lowest BCUT2D eigenvalue weighted by atomic mass is 10.0. The molecule has 1 aromatic heterocycles. The van der Waals surface area contributed by atoms with E-state index in [2.05, 4.69) is 28.6 Å². The van der Waals surface area contributed by atoms with Crippen LogP contribution in [0.4, 0.5) is 0 Å². The number of carbonyl (C=O) groups is 1. The summed E-state index contributed by atoms with van der Waals surface area (Å²) >= 11 is 3.98. The summed E-state index contributed by atoms with van der Waals surface area (Å²) in [6.45, 7) is 5.57. The number of rotatable bonds is 4. The highest BCUT2D eigenvalue weighted by atomic mass is 32.1. The van der Waals surface area contributed by atoms with Crippen LogP contribution in [0.5, 0.6) is 0 Å². The fourth-order valence-electron chi connectivity index (χ4n) is 1.80. The van der Waals surface area contributed by atoms with Crippen LogP contribution in [-0.4, -0.2) is 16.8 Å². The van der Waals surface area contributed by atoms with E-state index in [4.69, 9.17) is 0 Å². The molecule has 1 heterocycles. The number of aromatic amines is 1. The van der Waals surface area contributed by atoms with Crippen molar-refractivity contribution in [3.63, 3.8) is 0 Å². The van der Waals surface area contributed by atoms with Gasteiger partial charge in [-0.25, -0.2) is 0 Å². The lowest BCUT2D eigenvalue weighted by Gasteiger charge is -2.10. The summed E-state index contributed by atoms with van der Waals surface area (Å²) in [7, 11) is 0. The molecule has 2 N–H and O–H groups in total. The van der Waals surface area contributed by atoms with Crippen LogP contribution in [0.2, 0.25) is 0 Å². The van der Waals surface area contributed by atoms with Crippen molar-refractivity contribution in [3.05, 3.63) is 36.0 Å². The quantitative estimate of drug-likeness (QED) is 0.743. The summed E-state index contributed by atoms with van der Waals surface area (Å²) in [5.74, 6) is 0.0975. The average Bonchev–Trinajstić information content (AvgIpc) is 2.81. The van der Waals surface area contributed by atoms with E-state index in [1.54, 1.807) is 6.92 Å². The highest BCUT2D eigenvalue weighted by molar-refractivity contribution is 7.78. The molecule has 1 aromatic carbocycles. The lowest BCUT2D eigenvalue weighted by molar-refractivity contribution is -0.118. The Labute approximate surface area is 114 Å². The van der Waals surface area contributed by atoms with Gasteiger partial charge in [-0.15, -0.1) is 0 Å². The van der Waals surface area contributed by atoms with Crippen molar-refractivity contribution in [3.8, 4) is 0 Å². The highest BCUT2D eigenvalue weighted by Crippen LogP contribution is 2.19. The molecule has 1 unspecified atom stereocenters. The second-order valence-corrected chi connectivity index (χ2v) is 4.11. The second-order valence-electron chi connectivity index (χ2n) is 3.86. The Morgan fingerprint density at radius 1 is 1.39 bits per heavy atom. The summed E-state index contributed by atoms with van der Waals surface area (Å²) < 4.78 is 2.74. The molecule has 2 aromatic rings. The van der Waals surface area contributed by atoms with Gasteiger partial charge >= 0.3 is 0 Å². The smallest absolute Gasteiger partial charge is 0.147 e. The number of aromatic nitrogens is 1. The lowest BCUT2D eigenvalue weighted by Crippen LogP contribution is -2.31. The molecule has 0 radical (unpaired) electrons. The zero-order valence-electron chi connectivity index (χ0n) is 11.0. The van der Waals surface area contributed by atoms with Gasteiger partial charge in [-0.3, -0.25) is 9.52 Å². The standard InChI is InChI=1S/C12H14N2OS.C2H6/c1-8(15)12(14-16)6-9-7-13-11-5-3-2-4-10(9)11;1-2/h2-5,7,12-14,16H,6H2,1H3;1-2H3. The summed E-state index contributed by atoms with van der Waals surface area (Å²) in [5.41, 5.74) is 2.23. The first-order chi connectivity index (χ1) is 8.72. The van der Waals surface area contributed by atoms with Crippen molar-refractivity contribution < 1.29 is 4.79 Å². The fourth-order valence-corrected chi connectivity index (χ4v) is 2.07. The molecule has 0 saturated carbocycles. The molecule has 0 saturated heterocycles. The third-order valence-electron chi connectivity index (χ3n) is 2.75. The van der Waals surface area contributed by atoms with Gasteiger partial charge in [0, 0.05) is 17.1 Å². The maximum Gasteiger partial charge on any atom is 0.147 e. The molecule has 0 aliphatic heterocycles. The Kier molecular flexibility index (Phi) is 5.95. The normalized spacial score (nSPS) is 11.8. The largest absolute Gasteiger partial charge is 0.361 e. The molecule has 0 aliphatic rings. The molecule has 1 atom stereocenters. The van der Waals surface area contributed by atoms with Gasteiger partial charge in [0.2, 0.25) is 0 Å². The minimum Gasteiger partial charge on any atom is -0.361 e. The molecule has 18 heavy (non-hydrogen) atoms. The van der Waals surface area contributed by atoms with Crippen molar-refractivity contribution in [2.45, 2.75) is 33.2 Å². The maximum absolute atomic E-state index is 11.3. The molecule has 2 rings (SSSR count). The number of para-hydroxylation sites is 1. The minimum absolute atomic E-state index is 0.0975. The fraction of sp³-hybridized carbons (Fsp3) is 0.357. The number of benzene rings is 1. The summed E-state index contributed by atoms with van der Waals surface area (Å²) in [5, 5.41) is 1.16. The Balaban J connectivity index is 0.000000771. The van der Waals surface area contributed by atoms with Gasteiger partial charge in [0.25, 0.3) is 0 Å². The highest BCUT2D eigenvalue weighted by Gasteiger charge is 2.14. The van der Waals surface area contributed by atoms with Crippen LogP contribution < -0.4 is 4.72 Å². The Morgan fingerprint density at radius 3 is 2.67 bits per heavy atom. The van der Waals surface area contributed by atoms with Gasteiger partial charge in [-0.2, -0.15) is 0 Å². The zero-order valence-corrected chi connectivity index (χ0v) is 11.9. The van der Waals surface area contributed by atoms with Crippen LogP contribution in [0.25, 0.3) is 10.9 Å². The molecule has 0 fully saturated rings. The van der Waals surface area contributed by atoms with Crippen molar-refractivity contribution in [1.29, 1.82) is 0 Å². The summed E-state index contributed by atoms with van der Waals surface area (Å²) in [4.78, 5) is 14.5. The SMILES string of the molecule is CC.CC(=O)C(Cc1c[nH]c2ccccc12)NS. The Morgan fingerprint density at radius 2 is 2.06 bits per heavy atom. The maximum atomic E-state index is 11.3. The van der Waals surface area contributed by atoms with Crippen molar-refractivity contribution in [1.82, 2.24) is 9.71 Å². The predicted octanol–water partition coefficient (Wildman–Crippen LogP) is 3.13. The Hall–Kier alpha value is -1.26. The summed E-state index contributed by atoms with van der Waals surface area (Å²) in [6.07, 6.45) is 2.61. The molecular formula is C14H20N2OS. The van der Waals surface area contributed by atoms with E-state index in [0.29, 0.717) is 6.42 Å². The molecule has 3 nitrogen and oxygen atoms in total. The molecule has 98 valence electrons. The molecule has 0 bridgehead atoms. The van der Waals surface area contributed by atoms with Crippen molar-refractivity contribution >= 4 is 29.5 Å². The third kappa shape index (κ3) is 3.37. The molecule has 0 spiro atoms. The van der Waals surface area contributed by atoms with E-state index in [1.165, 1.54) is 0 Å². The number of H-pyrrole nitrogens is 1. The van der Waals surface area contributed by atoms with Crippen LogP contribution in [-0.2, 0) is 11.2 Å². The second kappa shape index (κ2) is 7.24. The van der Waals surface area contributed by atoms with Crippen LogP contribution in [0, 0.1) is 0 Å². The van der Waals surface area contributed by atoms with Crippen LogP contribution >= 0.6 is 12.8 Å². The first kappa shape index (κ1) is 14.8. The van der Waals surface area contributed by atoms with Crippen molar-refractivity contribution in [2.24, 2.45) is 0 Å². The number of hydrogen-bond acceptors (Lipinski definition) is 3. The average molecular weight is 264 g/mol. The van der Waals surface area contributed by atoms with Crippen molar-refractivity contribution in [2.75, 3.05) is 0 Å². The molecule has 4 heteroatoms. The van der Waals surface area contributed by atoms with Gasteiger partial charge in [0.1, 0.15) is 5.78 Å². The van der Waals surface area contributed by atoms with Crippen LogP contribution in [0.15, 0.2) is 30.5 Å². The number of ketones is 1. The number of Topliss-reactive ketones (excluding diaryl/α,β-unsaturated/α-hetero) is 1. The van der Waals surface area contributed by atoms with E-state index in [0.717, 1.165) is 16.5 Å². The molecule has 0 aliphatic carbocycles. The number of fused-ring (bicyclic) bond motifs is 1. The first-order valence-electron chi connectivity index (χ1n) is 6.17. The topological polar surface area (TPSA) is 44.9 Å². The molecular weight excluding hydrogens is 244 g/mol. The monoisotopic (exact) mass is 264 g/mol. The van der Waals surface area contributed by atoms with E-state index < -0.39 is 0 Å². The first-order valence-corrected chi connectivity index (χ1v) is 6.62. The van der Waals surface area contributed by atoms with Gasteiger partial charge in [-0.1, -0.05) is 44.9 Å². The van der Waals surface area contributed by atoms with E-state index in [9.17, 15) is 4.79 Å². The third-order valence-corrected chi connectivity index (χ3v) is 3.06. The summed E-state index contributed by atoms with van der Waals surface area (Å²) in [6, 6.07) is 7.83. The number of hydrogen-bond donors (Lipinski definition) is 3. The number of carbonyl (C=O) groups excluding carboxylic acids is 1. The van der Waals surface area contributed by atoms with E-state index in [1.807, 2.05) is 38.2 Å². The van der Waals surface area contributed by atoms with E-state index in [-0.39, 0.29) is 11.8 Å². The van der Waals surface area contributed by atoms with Gasteiger partial charge in [-0.05, 0) is 25.0 Å². The van der Waals surface area contributed by atoms with Gasteiger partial charge < -0.3 is 4.98 Å². The van der Waals surface area contributed by atoms with Gasteiger partial charge in [0.05, 0.1) is 6.04 Å². The van der Waals surface area contributed by atoms with Crippen LogP contribution in [0.3, 0.4) is 0 Å². The number of thiol groups is 1. The predicted molar refractivity (Wildman–Crippen MR) is 79.9 cm³/mol. The van der Waals surface area contributed by atoms with Gasteiger partial charge in [0.15, 0.2) is 0 Å². The number of nitrogens with one attached hydrogen (secondary N) is 2. The zero-order chi connectivity index (χ0) is 13.5. The molecule has 0 amide bonds.